The zero-order chi connectivity index (χ0) is 16.4. The van der Waals surface area contributed by atoms with Gasteiger partial charge in [0.25, 0.3) is 5.91 Å². The molecule has 0 radical (unpaired) electrons. The Balaban J connectivity index is 1.74. The normalized spacial score (nSPS) is 12.8. The van der Waals surface area contributed by atoms with Gasteiger partial charge in [0.1, 0.15) is 19.0 Å². The quantitative estimate of drug-likeness (QED) is 0.873. The molecule has 120 valence electrons. The summed E-state index contributed by atoms with van der Waals surface area (Å²) in [6, 6.07) is 10.1. The lowest BCUT2D eigenvalue weighted by molar-refractivity contribution is 0.0784. The van der Waals surface area contributed by atoms with E-state index in [-0.39, 0.29) is 11.7 Å². The van der Waals surface area contributed by atoms with E-state index in [0.29, 0.717) is 36.6 Å². The van der Waals surface area contributed by atoms with Gasteiger partial charge in [0.2, 0.25) is 0 Å². The lowest BCUT2D eigenvalue weighted by atomic mass is 10.1. The van der Waals surface area contributed by atoms with E-state index in [2.05, 4.69) is 0 Å². The molecule has 0 fully saturated rings. The van der Waals surface area contributed by atoms with Crippen LogP contribution in [0.25, 0.3) is 0 Å². The molecule has 0 unspecified atom stereocenters. The molecule has 2 aromatic rings. The maximum absolute atomic E-state index is 13.6. The number of aryl methyl sites for hydroxylation is 1. The van der Waals surface area contributed by atoms with Crippen LogP contribution >= 0.6 is 0 Å². The fraction of sp³-hybridized carbons (Fsp3) is 0.278. The van der Waals surface area contributed by atoms with Crippen molar-refractivity contribution in [1.29, 1.82) is 0 Å². The van der Waals surface area contributed by atoms with Crippen LogP contribution in [0.15, 0.2) is 36.4 Å². The predicted octanol–water partition coefficient (Wildman–Crippen LogP) is 3.18. The average Bonchev–Trinajstić information content (AvgIpc) is 2.56. The molecule has 2 aromatic carbocycles. The maximum atomic E-state index is 13.6. The van der Waals surface area contributed by atoms with E-state index in [1.54, 1.807) is 31.0 Å². The molecule has 0 saturated heterocycles. The Morgan fingerprint density at radius 3 is 2.61 bits per heavy atom. The third kappa shape index (κ3) is 3.28. The number of carbonyl (C=O) groups excluding carboxylic acids is 1. The second kappa shape index (κ2) is 6.28. The summed E-state index contributed by atoms with van der Waals surface area (Å²) in [5, 5.41) is 0. The van der Waals surface area contributed by atoms with Gasteiger partial charge in [-0.1, -0.05) is 12.1 Å². The third-order valence-corrected chi connectivity index (χ3v) is 3.79. The van der Waals surface area contributed by atoms with Crippen molar-refractivity contribution in [3.05, 3.63) is 58.9 Å². The van der Waals surface area contributed by atoms with E-state index in [4.69, 9.17) is 9.47 Å². The first-order valence-electron chi connectivity index (χ1n) is 7.45. The van der Waals surface area contributed by atoms with Gasteiger partial charge in [0, 0.05) is 19.2 Å². The van der Waals surface area contributed by atoms with Crippen molar-refractivity contribution in [2.45, 2.75) is 13.5 Å². The number of amides is 1. The van der Waals surface area contributed by atoms with E-state index >= 15 is 0 Å². The fourth-order valence-electron chi connectivity index (χ4n) is 2.48. The van der Waals surface area contributed by atoms with Crippen molar-refractivity contribution < 1.29 is 18.7 Å². The summed E-state index contributed by atoms with van der Waals surface area (Å²) >= 11 is 0. The van der Waals surface area contributed by atoms with Crippen molar-refractivity contribution in [2.24, 2.45) is 0 Å². The third-order valence-electron chi connectivity index (χ3n) is 3.79. The Kier molecular flexibility index (Phi) is 4.19. The van der Waals surface area contributed by atoms with Gasteiger partial charge >= 0.3 is 0 Å². The maximum Gasteiger partial charge on any atom is 0.253 e. The van der Waals surface area contributed by atoms with E-state index in [9.17, 15) is 9.18 Å². The second-order valence-electron chi connectivity index (χ2n) is 5.60. The molecular formula is C18H18FNO3. The fourth-order valence-corrected chi connectivity index (χ4v) is 2.48. The van der Waals surface area contributed by atoms with Gasteiger partial charge in [-0.3, -0.25) is 4.79 Å². The Morgan fingerprint density at radius 2 is 1.87 bits per heavy atom. The Morgan fingerprint density at radius 1 is 1.13 bits per heavy atom. The van der Waals surface area contributed by atoms with Gasteiger partial charge < -0.3 is 14.4 Å². The van der Waals surface area contributed by atoms with Gasteiger partial charge in [-0.15, -0.1) is 0 Å². The number of benzene rings is 2. The van der Waals surface area contributed by atoms with Crippen molar-refractivity contribution in [3.8, 4) is 11.5 Å². The highest BCUT2D eigenvalue weighted by Crippen LogP contribution is 2.31. The molecule has 1 aliphatic rings. The summed E-state index contributed by atoms with van der Waals surface area (Å²) in [4.78, 5) is 14.0. The van der Waals surface area contributed by atoms with Crippen molar-refractivity contribution in [3.63, 3.8) is 0 Å². The molecule has 0 aromatic heterocycles. The van der Waals surface area contributed by atoms with E-state index in [0.717, 1.165) is 11.3 Å². The van der Waals surface area contributed by atoms with Gasteiger partial charge in [0.05, 0.1) is 0 Å². The van der Waals surface area contributed by atoms with E-state index in [1.807, 2.05) is 18.2 Å². The molecule has 0 atom stereocenters. The summed E-state index contributed by atoms with van der Waals surface area (Å²) < 4.78 is 24.6. The Labute approximate surface area is 134 Å². The standard InChI is InChI=1S/C18H18FNO3/c1-12-3-5-14(10-15(12)19)18(21)20(2)11-13-4-6-16-17(9-13)23-8-7-22-16/h3-6,9-10H,7-8,11H2,1-2H3. The molecule has 0 saturated carbocycles. The number of hydrogen-bond acceptors (Lipinski definition) is 3. The number of fused-ring (bicyclic) bond motifs is 1. The number of nitrogens with zero attached hydrogens (tertiary/aromatic N) is 1. The van der Waals surface area contributed by atoms with Crippen molar-refractivity contribution in [1.82, 2.24) is 4.90 Å². The Bertz CT molecular complexity index is 745. The van der Waals surface area contributed by atoms with Crippen LogP contribution in [-0.2, 0) is 6.54 Å². The summed E-state index contributed by atoms with van der Waals surface area (Å²) in [6.07, 6.45) is 0. The average molecular weight is 315 g/mol. The first-order chi connectivity index (χ1) is 11.0. The highest BCUT2D eigenvalue weighted by Gasteiger charge is 2.16. The van der Waals surface area contributed by atoms with Crippen LogP contribution in [0.4, 0.5) is 4.39 Å². The van der Waals surface area contributed by atoms with Crippen LogP contribution in [0, 0.1) is 12.7 Å². The highest BCUT2D eigenvalue weighted by molar-refractivity contribution is 5.94. The molecule has 1 aliphatic heterocycles. The number of halogens is 1. The van der Waals surface area contributed by atoms with Gasteiger partial charge in [-0.05, 0) is 42.3 Å². The molecule has 5 heteroatoms. The molecule has 1 amide bonds. The molecule has 1 heterocycles. The topological polar surface area (TPSA) is 38.8 Å². The van der Waals surface area contributed by atoms with Crippen LogP contribution < -0.4 is 9.47 Å². The van der Waals surface area contributed by atoms with Crippen LogP contribution in [0.2, 0.25) is 0 Å². The SMILES string of the molecule is Cc1ccc(C(=O)N(C)Cc2ccc3c(c2)OCCO3)cc1F. The van der Waals surface area contributed by atoms with Crippen LogP contribution in [0.3, 0.4) is 0 Å². The smallest absolute Gasteiger partial charge is 0.253 e. The minimum Gasteiger partial charge on any atom is -0.486 e. The molecule has 0 bridgehead atoms. The van der Waals surface area contributed by atoms with Crippen LogP contribution in [0.5, 0.6) is 11.5 Å². The van der Waals surface area contributed by atoms with Crippen molar-refractivity contribution in [2.75, 3.05) is 20.3 Å². The highest BCUT2D eigenvalue weighted by atomic mass is 19.1. The molecule has 0 N–H and O–H groups in total. The zero-order valence-electron chi connectivity index (χ0n) is 13.1. The zero-order valence-corrected chi connectivity index (χ0v) is 13.1. The second-order valence-corrected chi connectivity index (χ2v) is 5.60. The molecule has 23 heavy (non-hydrogen) atoms. The molecule has 0 aliphatic carbocycles. The largest absolute Gasteiger partial charge is 0.486 e. The monoisotopic (exact) mass is 315 g/mol. The van der Waals surface area contributed by atoms with Crippen LogP contribution in [-0.4, -0.2) is 31.1 Å². The lowest BCUT2D eigenvalue weighted by Crippen LogP contribution is -2.26. The van der Waals surface area contributed by atoms with Gasteiger partial charge in [0.15, 0.2) is 11.5 Å². The van der Waals surface area contributed by atoms with E-state index in [1.165, 1.54) is 6.07 Å². The first-order valence-corrected chi connectivity index (χ1v) is 7.45. The van der Waals surface area contributed by atoms with Gasteiger partial charge in [-0.2, -0.15) is 0 Å². The summed E-state index contributed by atoms with van der Waals surface area (Å²) in [5.74, 6) is 0.813. The van der Waals surface area contributed by atoms with E-state index < -0.39 is 0 Å². The molecule has 3 rings (SSSR count). The number of ether oxygens (including phenoxy) is 2. The summed E-state index contributed by atoms with van der Waals surface area (Å²) in [5.41, 5.74) is 1.79. The predicted molar refractivity (Wildman–Crippen MR) is 84.4 cm³/mol. The lowest BCUT2D eigenvalue weighted by Gasteiger charge is -2.21. The molecular weight excluding hydrogens is 297 g/mol. The van der Waals surface area contributed by atoms with Crippen LogP contribution in [0.1, 0.15) is 21.5 Å². The van der Waals surface area contributed by atoms with Crippen molar-refractivity contribution >= 4 is 5.91 Å². The number of rotatable bonds is 3. The minimum atomic E-state index is -0.372. The molecule has 0 spiro atoms. The number of carbonyl (C=O) groups is 1. The first kappa shape index (κ1) is 15.3. The summed E-state index contributed by atoms with van der Waals surface area (Å²) in [6.45, 7) is 3.14. The number of hydrogen-bond donors (Lipinski definition) is 0. The minimum absolute atomic E-state index is 0.223. The van der Waals surface area contributed by atoms with Gasteiger partial charge in [-0.25, -0.2) is 4.39 Å². The summed E-state index contributed by atoms with van der Waals surface area (Å²) in [7, 11) is 1.69. The molecule has 4 nitrogen and oxygen atoms in total. The Hall–Kier alpha value is -2.56.